The van der Waals surface area contributed by atoms with Gasteiger partial charge in [-0.15, -0.1) is 0 Å². The Morgan fingerprint density at radius 1 is 1.47 bits per heavy atom. The maximum absolute atomic E-state index is 13.1. The summed E-state index contributed by atoms with van der Waals surface area (Å²) in [6.45, 7) is 0. The fourth-order valence-electron chi connectivity index (χ4n) is 1.47. The number of hydrogen-bond acceptors (Lipinski definition) is 3. The van der Waals surface area contributed by atoms with Crippen LogP contribution in [0, 0.1) is 5.82 Å². The molecule has 1 aromatic carbocycles. The van der Waals surface area contributed by atoms with E-state index in [0.29, 0.717) is 12.0 Å². The Hall–Kier alpha value is -0.650. The molecular weight excluding hydrogens is 267 g/mol. The zero-order valence-corrected chi connectivity index (χ0v) is 10.9. The molecule has 0 heterocycles. The molecule has 1 rings (SSSR count). The molecule has 0 bridgehead atoms. The van der Waals surface area contributed by atoms with Crippen LogP contribution in [0.2, 0.25) is 5.02 Å². The Morgan fingerprint density at radius 2 is 2.12 bits per heavy atom. The first-order chi connectivity index (χ1) is 7.81. The van der Waals surface area contributed by atoms with Crippen molar-refractivity contribution in [3.63, 3.8) is 0 Å². The van der Waals surface area contributed by atoms with Crippen molar-refractivity contribution in [1.82, 2.24) is 0 Å². The van der Waals surface area contributed by atoms with E-state index in [4.69, 9.17) is 11.6 Å². The van der Waals surface area contributed by atoms with Gasteiger partial charge in [0.25, 0.3) is 0 Å². The molecular formula is C11H14ClFO3S. The highest BCUT2D eigenvalue weighted by Gasteiger charge is 2.14. The van der Waals surface area contributed by atoms with Crippen molar-refractivity contribution < 1.29 is 17.9 Å². The van der Waals surface area contributed by atoms with Crippen LogP contribution in [0.3, 0.4) is 0 Å². The lowest BCUT2D eigenvalue weighted by atomic mass is 10.1. The Bertz CT molecular complexity index is 487. The van der Waals surface area contributed by atoms with Crippen molar-refractivity contribution in [1.29, 1.82) is 0 Å². The van der Waals surface area contributed by atoms with Gasteiger partial charge in [0.05, 0.1) is 11.1 Å². The third-order valence-electron chi connectivity index (χ3n) is 2.33. The SMILES string of the molecule is CS(=O)(=O)CCCC(O)c1cccc(F)c1Cl. The minimum Gasteiger partial charge on any atom is -0.388 e. The van der Waals surface area contributed by atoms with E-state index < -0.39 is 21.8 Å². The van der Waals surface area contributed by atoms with E-state index in [1.807, 2.05) is 0 Å². The molecule has 0 fully saturated rings. The highest BCUT2D eigenvalue weighted by atomic mass is 35.5. The molecule has 0 saturated heterocycles. The second-order valence-corrected chi connectivity index (χ2v) is 6.57. The van der Waals surface area contributed by atoms with Crippen molar-refractivity contribution in [2.75, 3.05) is 12.0 Å². The molecule has 0 spiro atoms. The van der Waals surface area contributed by atoms with Gasteiger partial charge in [0.2, 0.25) is 0 Å². The van der Waals surface area contributed by atoms with Crippen LogP contribution in [0.1, 0.15) is 24.5 Å². The Kier molecular flexibility index (Phi) is 4.91. The molecule has 0 aromatic heterocycles. The van der Waals surface area contributed by atoms with Gasteiger partial charge < -0.3 is 5.11 Å². The molecule has 96 valence electrons. The molecule has 0 amide bonds. The topological polar surface area (TPSA) is 54.4 Å². The van der Waals surface area contributed by atoms with Crippen LogP contribution in [0.15, 0.2) is 18.2 Å². The number of aliphatic hydroxyl groups excluding tert-OH is 1. The molecule has 17 heavy (non-hydrogen) atoms. The summed E-state index contributed by atoms with van der Waals surface area (Å²) in [6, 6.07) is 4.18. The highest BCUT2D eigenvalue weighted by Crippen LogP contribution is 2.28. The van der Waals surface area contributed by atoms with Crippen LogP contribution < -0.4 is 0 Å². The van der Waals surface area contributed by atoms with Crippen LogP contribution in [-0.4, -0.2) is 25.5 Å². The van der Waals surface area contributed by atoms with Crippen molar-refractivity contribution in [3.05, 3.63) is 34.6 Å². The summed E-state index contributed by atoms with van der Waals surface area (Å²) in [6.07, 6.45) is 0.734. The van der Waals surface area contributed by atoms with E-state index in [-0.39, 0.29) is 17.2 Å². The molecule has 0 aliphatic heterocycles. The van der Waals surface area contributed by atoms with Crippen LogP contribution >= 0.6 is 11.6 Å². The van der Waals surface area contributed by atoms with Gasteiger partial charge >= 0.3 is 0 Å². The van der Waals surface area contributed by atoms with Crippen LogP contribution in [0.5, 0.6) is 0 Å². The maximum atomic E-state index is 13.1. The van der Waals surface area contributed by atoms with Gasteiger partial charge in [0.1, 0.15) is 15.7 Å². The zero-order valence-electron chi connectivity index (χ0n) is 9.36. The van der Waals surface area contributed by atoms with Crippen LogP contribution in [0.4, 0.5) is 4.39 Å². The zero-order chi connectivity index (χ0) is 13.1. The molecule has 0 radical (unpaired) electrons. The summed E-state index contributed by atoms with van der Waals surface area (Å²) in [5.41, 5.74) is 0.292. The summed E-state index contributed by atoms with van der Waals surface area (Å²) < 4.78 is 34.9. The van der Waals surface area contributed by atoms with Gasteiger partial charge in [-0.05, 0) is 18.9 Å². The van der Waals surface area contributed by atoms with Gasteiger partial charge in [0.15, 0.2) is 0 Å². The molecule has 0 aliphatic rings. The Labute approximate surface area is 105 Å². The van der Waals surface area contributed by atoms with Crippen molar-refractivity contribution in [2.24, 2.45) is 0 Å². The molecule has 1 unspecified atom stereocenters. The molecule has 1 aromatic rings. The first kappa shape index (κ1) is 14.4. The van der Waals surface area contributed by atoms with Gasteiger partial charge in [0, 0.05) is 17.6 Å². The molecule has 0 aliphatic carbocycles. The van der Waals surface area contributed by atoms with E-state index in [1.165, 1.54) is 18.2 Å². The first-order valence-electron chi connectivity index (χ1n) is 5.11. The minimum atomic E-state index is -3.04. The summed E-state index contributed by atoms with van der Waals surface area (Å²) >= 11 is 5.70. The molecule has 1 atom stereocenters. The van der Waals surface area contributed by atoms with Crippen molar-refractivity contribution in [3.8, 4) is 0 Å². The lowest BCUT2D eigenvalue weighted by Gasteiger charge is -2.12. The first-order valence-corrected chi connectivity index (χ1v) is 7.55. The minimum absolute atomic E-state index is 0.00298. The van der Waals surface area contributed by atoms with Crippen molar-refractivity contribution in [2.45, 2.75) is 18.9 Å². The van der Waals surface area contributed by atoms with E-state index in [1.54, 1.807) is 0 Å². The molecule has 3 nitrogen and oxygen atoms in total. The molecule has 0 saturated carbocycles. The quantitative estimate of drug-likeness (QED) is 0.901. The van der Waals surface area contributed by atoms with E-state index >= 15 is 0 Å². The largest absolute Gasteiger partial charge is 0.388 e. The number of benzene rings is 1. The average Bonchev–Trinajstić information content (AvgIpc) is 2.20. The fourth-order valence-corrected chi connectivity index (χ4v) is 2.42. The Morgan fingerprint density at radius 3 is 2.71 bits per heavy atom. The smallest absolute Gasteiger partial charge is 0.147 e. The van der Waals surface area contributed by atoms with E-state index in [9.17, 15) is 17.9 Å². The number of aliphatic hydroxyl groups is 1. The van der Waals surface area contributed by atoms with Gasteiger partial charge in [-0.1, -0.05) is 23.7 Å². The lowest BCUT2D eigenvalue weighted by molar-refractivity contribution is 0.166. The number of halogens is 2. The van der Waals surface area contributed by atoms with Crippen LogP contribution in [0.25, 0.3) is 0 Å². The van der Waals surface area contributed by atoms with E-state index in [0.717, 1.165) is 6.26 Å². The third-order valence-corrected chi connectivity index (χ3v) is 3.76. The predicted octanol–water partition coefficient (Wildman–Crippen LogP) is 2.34. The molecule has 6 heteroatoms. The van der Waals surface area contributed by atoms with E-state index in [2.05, 4.69) is 0 Å². The predicted molar refractivity (Wildman–Crippen MR) is 65.3 cm³/mol. The van der Waals surface area contributed by atoms with Crippen LogP contribution in [-0.2, 0) is 9.84 Å². The third kappa shape index (κ3) is 4.61. The fraction of sp³-hybridized carbons (Fsp3) is 0.455. The summed E-state index contributed by atoms with van der Waals surface area (Å²) in [5, 5.41) is 9.66. The lowest BCUT2D eigenvalue weighted by Crippen LogP contribution is -2.06. The number of rotatable bonds is 5. The van der Waals surface area contributed by atoms with Gasteiger partial charge in [-0.3, -0.25) is 0 Å². The summed E-state index contributed by atoms with van der Waals surface area (Å²) in [7, 11) is -3.04. The van der Waals surface area contributed by atoms with Gasteiger partial charge in [-0.2, -0.15) is 0 Å². The standard InChI is InChI=1S/C11H14ClFO3S/c1-17(15,16)7-3-6-10(14)8-4-2-5-9(13)11(8)12/h2,4-5,10,14H,3,6-7H2,1H3. The second-order valence-electron chi connectivity index (χ2n) is 3.93. The normalized spacial score (nSPS) is 13.6. The second kappa shape index (κ2) is 5.80. The Balaban J connectivity index is 2.64. The van der Waals surface area contributed by atoms with Crippen molar-refractivity contribution >= 4 is 21.4 Å². The number of sulfone groups is 1. The highest BCUT2D eigenvalue weighted by molar-refractivity contribution is 7.90. The summed E-state index contributed by atoms with van der Waals surface area (Å²) in [5.74, 6) is -0.594. The molecule has 1 N–H and O–H groups in total. The monoisotopic (exact) mass is 280 g/mol. The number of hydrogen-bond donors (Lipinski definition) is 1. The average molecular weight is 281 g/mol. The summed E-state index contributed by atoms with van der Waals surface area (Å²) in [4.78, 5) is 0. The van der Waals surface area contributed by atoms with Gasteiger partial charge in [-0.25, -0.2) is 12.8 Å². The maximum Gasteiger partial charge on any atom is 0.147 e.